The lowest BCUT2D eigenvalue weighted by molar-refractivity contribution is -0.117. The van der Waals surface area contributed by atoms with Gasteiger partial charge in [0.15, 0.2) is 0 Å². The Kier molecular flexibility index (Phi) is 6.18. The molecule has 0 spiro atoms. The highest BCUT2D eigenvalue weighted by Crippen LogP contribution is 2.31. The smallest absolute Gasteiger partial charge is 0.224 e. The fraction of sp³-hybridized carbons (Fsp3) is 0.350. The average molecular weight is 466 g/mol. The third-order valence-electron chi connectivity index (χ3n) is 4.70. The van der Waals surface area contributed by atoms with Crippen molar-refractivity contribution in [1.29, 1.82) is 0 Å². The highest BCUT2D eigenvalue weighted by atomic mass is 79.9. The molecule has 2 aromatic rings. The molecule has 2 aromatic carbocycles. The second-order valence-electron chi connectivity index (χ2n) is 6.47. The Morgan fingerprint density at radius 3 is 2.12 bits per heavy atom. The maximum absolute atomic E-state index is 12.5. The molecule has 0 saturated heterocycles. The lowest BCUT2D eigenvalue weighted by Crippen LogP contribution is -2.51. The Morgan fingerprint density at radius 2 is 1.52 bits per heavy atom. The summed E-state index contributed by atoms with van der Waals surface area (Å²) in [6, 6.07) is 16.7. The first-order valence-corrected chi connectivity index (χ1v) is 10.2. The van der Waals surface area contributed by atoms with Crippen LogP contribution in [-0.2, 0) is 4.79 Å². The molecule has 2 atom stereocenters. The lowest BCUT2D eigenvalue weighted by Gasteiger charge is -2.40. The van der Waals surface area contributed by atoms with Gasteiger partial charge < -0.3 is 10.2 Å². The van der Waals surface area contributed by atoms with Crippen LogP contribution in [0.2, 0.25) is 0 Å². The van der Waals surface area contributed by atoms with Gasteiger partial charge in [-0.2, -0.15) is 0 Å². The van der Waals surface area contributed by atoms with Gasteiger partial charge in [-0.25, -0.2) is 0 Å². The number of hydrogen-bond donors (Lipinski definition) is 1. The molecule has 1 aliphatic rings. The second-order valence-corrected chi connectivity index (χ2v) is 8.31. The monoisotopic (exact) mass is 464 g/mol. The summed E-state index contributed by atoms with van der Waals surface area (Å²) in [7, 11) is 0. The van der Waals surface area contributed by atoms with Crippen molar-refractivity contribution in [3.8, 4) is 0 Å². The van der Waals surface area contributed by atoms with E-state index in [1.165, 1.54) is 6.42 Å². The molecule has 25 heavy (non-hydrogen) atoms. The zero-order valence-corrected chi connectivity index (χ0v) is 17.4. The number of benzene rings is 2. The molecule has 0 bridgehead atoms. The maximum atomic E-state index is 12.5. The van der Waals surface area contributed by atoms with Gasteiger partial charge in [-0.15, -0.1) is 0 Å². The van der Waals surface area contributed by atoms with E-state index in [4.69, 9.17) is 0 Å². The fourth-order valence-electron chi connectivity index (χ4n) is 3.56. The first kappa shape index (κ1) is 18.5. The van der Waals surface area contributed by atoms with Crippen LogP contribution in [0.25, 0.3) is 0 Å². The minimum absolute atomic E-state index is 0.0943. The number of nitrogens with one attached hydrogen (secondary N) is 1. The van der Waals surface area contributed by atoms with Crippen molar-refractivity contribution >= 4 is 49.1 Å². The predicted octanol–water partition coefficient (Wildman–Crippen LogP) is 5.99. The zero-order chi connectivity index (χ0) is 17.8. The van der Waals surface area contributed by atoms with Gasteiger partial charge in [0.05, 0.1) is 6.04 Å². The lowest BCUT2D eigenvalue weighted by atomic mass is 9.88. The topological polar surface area (TPSA) is 32.3 Å². The van der Waals surface area contributed by atoms with Crippen molar-refractivity contribution in [2.45, 2.75) is 44.7 Å². The summed E-state index contributed by atoms with van der Waals surface area (Å²) in [5.41, 5.74) is 2.06. The van der Waals surface area contributed by atoms with Crippen molar-refractivity contribution in [2.75, 3.05) is 10.2 Å². The van der Waals surface area contributed by atoms with Crippen LogP contribution in [0.3, 0.4) is 0 Å². The molecule has 1 N–H and O–H groups in total. The second kappa shape index (κ2) is 8.37. The maximum Gasteiger partial charge on any atom is 0.224 e. The number of anilines is 2. The highest BCUT2D eigenvalue weighted by Gasteiger charge is 2.32. The Labute approximate surface area is 166 Å². The van der Waals surface area contributed by atoms with Gasteiger partial charge in [-0.3, -0.25) is 4.79 Å². The molecule has 5 heteroatoms. The van der Waals surface area contributed by atoms with E-state index in [1.807, 2.05) is 41.3 Å². The van der Waals surface area contributed by atoms with Gasteiger partial charge >= 0.3 is 0 Å². The molecule has 0 heterocycles. The Bertz CT molecular complexity index is 715. The van der Waals surface area contributed by atoms with Crippen LogP contribution in [0.1, 0.15) is 32.6 Å². The van der Waals surface area contributed by atoms with Gasteiger partial charge in [-0.1, -0.05) is 44.7 Å². The number of carbonyl (C=O) groups excluding carboxylic acids is 1. The van der Waals surface area contributed by atoms with Crippen molar-refractivity contribution in [3.63, 3.8) is 0 Å². The number of carbonyl (C=O) groups is 1. The Balaban J connectivity index is 1.85. The van der Waals surface area contributed by atoms with Gasteiger partial charge in [0.25, 0.3) is 0 Å². The molecule has 2 unspecified atom stereocenters. The summed E-state index contributed by atoms with van der Waals surface area (Å²) in [5.74, 6) is 0.0943. The molecule has 3 nitrogen and oxygen atoms in total. The molecule has 1 aliphatic carbocycles. The van der Waals surface area contributed by atoms with Crippen LogP contribution in [0, 0.1) is 0 Å². The van der Waals surface area contributed by atoms with Crippen LogP contribution in [-0.4, -0.2) is 18.0 Å². The molecule has 1 saturated carbocycles. The minimum atomic E-state index is 0.0943. The zero-order valence-electron chi connectivity index (χ0n) is 14.2. The molecular weight excluding hydrogens is 444 g/mol. The summed E-state index contributed by atoms with van der Waals surface area (Å²) in [4.78, 5) is 14.4. The summed E-state index contributed by atoms with van der Waals surface area (Å²) in [6.07, 6.45) is 4.44. The fourth-order valence-corrected chi connectivity index (χ4v) is 4.09. The van der Waals surface area contributed by atoms with E-state index in [0.717, 1.165) is 39.6 Å². The van der Waals surface area contributed by atoms with Crippen LogP contribution < -0.4 is 10.2 Å². The Hall–Kier alpha value is -1.33. The van der Waals surface area contributed by atoms with E-state index in [9.17, 15) is 4.79 Å². The van der Waals surface area contributed by atoms with Gasteiger partial charge in [0.1, 0.15) is 0 Å². The largest absolute Gasteiger partial charge is 0.380 e. The highest BCUT2D eigenvalue weighted by molar-refractivity contribution is 9.10. The van der Waals surface area contributed by atoms with Crippen molar-refractivity contribution in [1.82, 2.24) is 0 Å². The van der Waals surface area contributed by atoms with Crippen LogP contribution in [0.5, 0.6) is 0 Å². The van der Waals surface area contributed by atoms with Crippen molar-refractivity contribution < 1.29 is 4.79 Å². The SMILES string of the molecule is CC(=O)N(c1ccc(Br)cc1)C1CCCCC1Nc1ccc(Br)cc1. The summed E-state index contributed by atoms with van der Waals surface area (Å²) >= 11 is 6.95. The molecule has 0 radical (unpaired) electrons. The minimum Gasteiger partial charge on any atom is -0.380 e. The van der Waals surface area contributed by atoms with Crippen molar-refractivity contribution in [3.05, 3.63) is 57.5 Å². The van der Waals surface area contributed by atoms with E-state index in [-0.39, 0.29) is 18.0 Å². The van der Waals surface area contributed by atoms with E-state index >= 15 is 0 Å². The summed E-state index contributed by atoms with van der Waals surface area (Å²) < 4.78 is 2.09. The average Bonchev–Trinajstić information content (AvgIpc) is 2.60. The normalized spacial score (nSPS) is 20.1. The van der Waals surface area contributed by atoms with Crippen molar-refractivity contribution in [2.24, 2.45) is 0 Å². The van der Waals surface area contributed by atoms with Crippen LogP contribution in [0.15, 0.2) is 57.5 Å². The molecule has 1 amide bonds. The van der Waals surface area contributed by atoms with E-state index in [2.05, 4.69) is 49.3 Å². The third-order valence-corrected chi connectivity index (χ3v) is 5.76. The quantitative estimate of drug-likeness (QED) is 0.601. The van der Waals surface area contributed by atoms with Crippen LogP contribution >= 0.6 is 31.9 Å². The predicted molar refractivity (Wildman–Crippen MR) is 111 cm³/mol. The Morgan fingerprint density at radius 1 is 0.960 bits per heavy atom. The molecule has 132 valence electrons. The molecule has 0 aliphatic heterocycles. The van der Waals surface area contributed by atoms with E-state index < -0.39 is 0 Å². The van der Waals surface area contributed by atoms with Gasteiger partial charge in [0, 0.05) is 33.3 Å². The number of rotatable bonds is 4. The van der Waals surface area contributed by atoms with Crippen LogP contribution in [0.4, 0.5) is 11.4 Å². The van der Waals surface area contributed by atoms with E-state index in [0.29, 0.717) is 0 Å². The van der Waals surface area contributed by atoms with Gasteiger partial charge in [-0.05, 0) is 61.4 Å². The third kappa shape index (κ3) is 4.64. The number of halogens is 2. The van der Waals surface area contributed by atoms with E-state index in [1.54, 1.807) is 6.92 Å². The first-order valence-electron chi connectivity index (χ1n) is 8.62. The number of amides is 1. The first-order chi connectivity index (χ1) is 12.0. The molecule has 0 aromatic heterocycles. The summed E-state index contributed by atoms with van der Waals surface area (Å²) in [5, 5.41) is 3.65. The number of hydrogen-bond acceptors (Lipinski definition) is 2. The molecular formula is C20H22Br2N2O. The molecule has 3 rings (SSSR count). The number of nitrogens with zero attached hydrogens (tertiary/aromatic N) is 1. The molecule has 1 fully saturated rings. The van der Waals surface area contributed by atoms with Gasteiger partial charge in [0.2, 0.25) is 5.91 Å². The standard InChI is InChI=1S/C20H22Br2N2O/c1-14(25)24(18-12-8-16(22)9-13-18)20-5-3-2-4-19(20)23-17-10-6-15(21)7-11-17/h6-13,19-20,23H,2-5H2,1H3. The summed E-state index contributed by atoms with van der Waals surface area (Å²) in [6.45, 7) is 1.66.